The SMILES string of the molecule is CCCC(Cl)Cc1ccc(C)c(C)c1. The van der Waals surface area contributed by atoms with Gasteiger partial charge in [-0.1, -0.05) is 31.5 Å². The summed E-state index contributed by atoms with van der Waals surface area (Å²) >= 11 is 6.21. The van der Waals surface area contributed by atoms with E-state index in [0.29, 0.717) is 5.38 Å². The Balaban J connectivity index is 2.63. The second-order valence-electron chi connectivity index (χ2n) is 4.01. The molecule has 0 bridgehead atoms. The summed E-state index contributed by atoms with van der Waals surface area (Å²) in [6.07, 6.45) is 3.27. The van der Waals surface area contributed by atoms with Crippen LogP contribution >= 0.6 is 11.6 Å². The number of benzene rings is 1. The van der Waals surface area contributed by atoms with Crippen molar-refractivity contribution in [2.24, 2.45) is 0 Å². The van der Waals surface area contributed by atoms with E-state index in [1.807, 2.05) is 0 Å². The maximum Gasteiger partial charge on any atom is 0.0376 e. The third-order valence-electron chi connectivity index (χ3n) is 2.63. The van der Waals surface area contributed by atoms with Gasteiger partial charge >= 0.3 is 0 Å². The standard InChI is InChI=1S/C13H19Cl/c1-4-5-13(14)9-12-7-6-10(2)11(3)8-12/h6-8,13H,4-5,9H2,1-3H3. The van der Waals surface area contributed by atoms with Crippen LogP contribution in [0.25, 0.3) is 0 Å². The molecule has 0 aliphatic carbocycles. The Bertz CT molecular complexity index is 291. The molecule has 0 aliphatic rings. The van der Waals surface area contributed by atoms with Crippen molar-refractivity contribution in [3.63, 3.8) is 0 Å². The zero-order valence-electron chi connectivity index (χ0n) is 9.31. The Morgan fingerprint density at radius 2 is 1.93 bits per heavy atom. The molecule has 0 aromatic heterocycles. The van der Waals surface area contributed by atoms with E-state index in [-0.39, 0.29) is 0 Å². The van der Waals surface area contributed by atoms with Crippen molar-refractivity contribution in [3.05, 3.63) is 34.9 Å². The van der Waals surface area contributed by atoms with E-state index in [2.05, 4.69) is 39.0 Å². The summed E-state index contributed by atoms with van der Waals surface area (Å²) in [7, 11) is 0. The molecule has 0 saturated carbocycles. The Morgan fingerprint density at radius 3 is 2.50 bits per heavy atom. The summed E-state index contributed by atoms with van der Waals surface area (Å²) in [5, 5.41) is 0.294. The first-order valence-corrected chi connectivity index (χ1v) is 5.77. The van der Waals surface area contributed by atoms with Gasteiger partial charge in [-0.15, -0.1) is 11.6 Å². The Kier molecular flexibility index (Phi) is 4.47. The minimum atomic E-state index is 0.294. The molecule has 0 fully saturated rings. The molecule has 1 heteroatoms. The monoisotopic (exact) mass is 210 g/mol. The average Bonchev–Trinajstić information content (AvgIpc) is 2.12. The second-order valence-corrected chi connectivity index (χ2v) is 4.63. The van der Waals surface area contributed by atoms with Crippen LogP contribution in [-0.2, 0) is 6.42 Å². The molecule has 0 N–H and O–H groups in total. The fraction of sp³-hybridized carbons (Fsp3) is 0.538. The number of alkyl halides is 1. The van der Waals surface area contributed by atoms with Crippen LogP contribution in [0.15, 0.2) is 18.2 Å². The van der Waals surface area contributed by atoms with E-state index in [4.69, 9.17) is 11.6 Å². The fourth-order valence-corrected chi connectivity index (χ4v) is 2.00. The number of rotatable bonds is 4. The van der Waals surface area contributed by atoms with Gasteiger partial charge in [0.25, 0.3) is 0 Å². The van der Waals surface area contributed by atoms with Crippen LogP contribution in [0.4, 0.5) is 0 Å². The summed E-state index contributed by atoms with van der Waals surface area (Å²) in [6.45, 7) is 6.47. The van der Waals surface area contributed by atoms with Crippen LogP contribution < -0.4 is 0 Å². The van der Waals surface area contributed by atoms with Crippen LogP contribution in [0.2, 0.25) is 0 Å². The average molecular weight is 211 g/mol. The van der Waals surface area contributed by atoms with Gasteiger partial charge in [0, 0.05) is 5.38 Å². The van der Waals surface area contributed by atoms with Crippen molar-refractivity contribution < 1.29 is 0 Å². The van der Waals surface area contributed by atoms with E-state index in [1.165, 1.54) is 23.1 Å². The molecule has 0 amide bonds. The highest BCUT2D eigenvalue weighted by molar-refractivity contribution is 6.20. The first kappa shape index (κ1) is 11.6. The van der Waals surface area contributed by atoms with Crippen molar-refractivity contribution in [3.8, 4) is 0 Å². The molecule has 0 aliphatic heterocycles. The van der Waals surface area contributed by atoms with Gasteiger partial charge in [0.1, 0.15) is 0 Å². The molecule has 0 nitrogen and oxygen atoms in total. The van der Waals surface area contributed by atoms with Gasteiger partial charge < -0.3 is 0 Å². The highest BCUT2D eigenvalue weighted by Gasteiger charge is 2.05. The predicted molar refractivity (Wildman–Crippen MR) is 64.2 cm³/mol. The smallest absolute Gasteiger partial charge is 0.0376 e. The Morgan fingerprint density at radius 1 is 1.21 bits per heavy atom. The summed E-state index contributed by atoms with van der Waals surface area (Å²) in [6, 6.07) is 6.62. The summed E-state index contributed by atoms with van der Waals surface area (Å²) in [4.78, 5) is 0. The van der Waals surface area contributed by atoms with Gasteiger partial charge in [-0.05, 0) is 43.4 Å². The molecular weight excluding hydrogens is 192 g/mol. The van der Waals surface area contributed by atoms with E-state index < -0.39 is 0 Å². The molecular formula is C13H19Cl. The van der Waals surface area contributed by atoms with Gasteiger partial charge in [0.05, 0.1) is 0 Å². The fourth-order valence-electron chi connectivity index (χ4n) is 1.60. The molecule has 1 aromatic carbocycles. The van der Waals surface area contributed by atoms with Gasteiger partial charge in [-0.3, -0.25) is 0 Å². The number of hydrogen-bond donors (Lipinski definition) is 0. The second kappa shape index (κ2) is 5.41. The summed E-state index contributed by atoms with van der Waals surface area (Å²) < 4.78 is 0. The van der Waals surface area contributed by atoms with Crippen molar-refractivity contribution in [2.75, 3.05) is 0 Å². The third-order valence-corrected chi connectivity index (χ3v) is 3.00. The Labute approximate surface area is 92.3 Å². The minimum absolute atomic E-state index is 0.294. The molecule has 0 saturated heterocycles. The topological polar surface area (TPSA) is 0 Å². The van der Waals surface area contributed by atoms with E-state index in [1.54, 1.807) is 0 Å². The quantitative estimate of drug-likeness (QED) is 0.652. The Hall–Kier alpha value is -0.490. The molecule has 1 aromatic rings. The van der Waals surface area contributed by atoms with Gasteiger partial charge in [0.2, 0.25) is 0 Å². The van der Waals surface area contributed by atoms with Crippen molar-refractivity contribution >= 4 is 11.6 Å². The van der Waals surface area contributed by atoms with Crippen LogP contribution in [0.1, 0.15) is 36.5 Å². The third kappa shape index (κ3) is 3.34. The lowest BCUT2D eigenvalue weighted by atomic mass is 10.0. The molecule has 1 rings (SSSR count). The molecule has 1 atom stereocenters. The molecule has 1 unspecified atom stereocenters. The van der Waals surface area contributed by atoms with Crippen molar-refractivity contribution in [1.82, 2.24) is 0 Å². The molecule has 78 valence electrons. The van der Waals surface area contributed by atoms with Crippen molar-refractivity contribution in [1.29, 1.82) is 0 Å². The normalized spacial score (nSPS) is 12.9. The first-order chi connectivity index (χ1) is 6.63. The maximum atomic E-state index is 6.21. The van der Waals surface area contributed by atoms with E-state index in [0.717, 1.165) is 12.8 Å². The first-order valence-electron chi connectivity index (χ1n) is 5.33. The molecule has 0 heterocycles. The predicted octanol–water partition coefficient (Wildman–Crippen LogP) is 4.25. The van der Waals surface area contributed by atoms with Crippen molar-refractivity contribution in [2.45, 2.75) is 45.4 Å². The van der Waals surface area contributed by atoms with E-state index >= 15 is 0 Å². The molecule has 14 heavy (non-hydrogen) atoms. The van der Waals surface area contributed by atoms with Gasteiger partial charge in [-0.25, -0.2) is 0 Å². The molecule has 0 spiro atoms. The maximum absolute atomic E-state index is 6.21. The zero-order valence-corrected chi connectivity index (χ0v) is 10.1. The zero-order chi connectivity index (χ0) is 10.6. The van der Waals surface area contributed by atoms with E-state index in [9.17, 15) is 0 Å². The lowest BCUT2D eigenvalue weighted by Gasteiger charge is -2.09. The van der Waals surface area contributed by atoms with Crippen LogP contribution in [-0.4, -0.2) is 5.38 Å². The highest BCUT2D eigenvalue weighted by Crippen LogP contribution is 2.16. The summed E-state index contributed by atoms with van der Waals surface area (Å²) in [5.41, 5.74) is 4.08. The van der Waals surface area contributed by atoms with Gasteiger partial charge in [0.15, 0.2) is 0 Å². The van der Waals surface area contributed by atoms with Gasteiger partial charge in [-0.2, -0.15) is 0 Å². The molecule has 0 radical (unpaired) electrons. The largest absolute Gasteiger partial charge is 0.123 e. The summed E-state index contributed by atoms with van der Waals surface area (Å²) in [5.74, 6) is 0. The van der Waals surface area contributed by atoms with Crippen LogP contribution in [0.5, 0.6) is 0 Å². The van der Waals surface area contributed by atoms with Crippen LogP contribution in [0, 0.1) is 13.8 Å². The lowest BCUT2D eigenvalue weighted by molar-refractivity contribution is 0.726. The number of halogens is 1. The number of hydrogen-bond acceptors (Lipinski definition) is 0. The lowest BCUT2D eigenvalue weighted by Crippen LogP contribution is -2.02. The number of aryl methyl sites for hydroxylation is 2. The highest BCUT2D eigenvalue weighted by atomic mass is 35.5. The van der Waals surface area contributed by atoms with Crippen LogP contribution in [0.3, 0.4) is 0 Å². The minimum Gasteiger partial charge on any atom is -0.123 e.